The van der Waals surface area contributed by atoms with E-state index in [0.717, 1.165) is 19.3 Å². The Morgan fingerprint density at radius 1 is 1.33 bits per heavy atom. The molecule has 1 aromatic rings. The van der Waals surface area contributed by atoms with Gasteiger partial charge in [0.2, 0.25) is 5.91 Å². The monoisotopic (exact) mass is 290 g/mol. The molecular weight excluding hydrogens is 264 g/mol. The topological polar surface area (TPSA) is 52.6 Å². The van der Waals surface area contributed by atoms with E-state index in [1.165, 1.54) is 5.56 Å². The second kappa shape index (κ2) is 7.05. The van der Waals surface area contributed by atoms with E-state index >= 15 is 0 Å². The maximum atomic E-state index is 12.5. The zero-order chi connectivity index (χ0) is 15.3. The first-order chi connectivity index (χ1) is 10.1. The summed E-state index contributed by atoms with van der Waals surface area (Å²) in [6.07, 6.45) is 3.65. The molecule has 1 aromatic carbocycles. The van der Waals surface area contributed by atoms with Crippen LogP contribution in [0.3, 0.4) is 0 Å². The molecule has 0 aliphatic heterocycles. The molecule has 1 unspecified atom stereocenters. The highest BCUT2D eigenvalue weighted by Gasteiger charge is 2.45. The van der Waals surface area contributed by atoms with Crippen LogP contribution in [0.2, 0.25) is 0 Å². The Kier molecular flexibility index (Phi) is 5.37. The Morgan fingerprint density at radius 2 is 2.00 bits per heavy atom. The smallest absolute Gasteiger partial charge is 0.240 e. The number of nitrogens with one attached hydrogen (secondary N) is 1. The summed E-state index contributed by atoms with van der Waals surface area (Å²) in [4.78, 5) is 14.6. The van der Waals surface area contributed by atoms with Crippen molar-refractivity contribution in [3.8, 4) is 0 Å². The van der Waals surface area contributed by atoms with Crippen LogP contribution in [-0.4, -0.2) is 48.7 Å². The Balaban J connectivity index is 1.97. The van der Waals surface area contributed by atoms with Gasteiger partial charge >= 0.3 is 0 Å². The fraction of sp³-hybridized carbons (Fsp3) is 0.588. The van der Waals surface area contributed by atoms with E-state index in [-0.39, 0.29) is 24.0 Å². The van der Waals surface area contributed by atoms with Crippen LogP contribution in [0.5, 0.6) is 0 Å². The lowest BCUT2D eigenvalue weighted by Gasteiger charge is -2.45. The molecule has 21 heavy (non-hydrogen) atoms. The van der Waals surface area contributed by atoms with Crippen LogP contribution >= 0.6 is 0 Å². The van der Waals surface area contributed by atoms with Crippen molar-refractivity contribution in [2.45, 2.75) is 37.1 Å². The molecule has 4 nitrogen and oxygen atoms in total. The second-order valence-corrected chi connectivity index (χ2v) is 6.11. The van der Waals surface area contributed by atoms with E-state index in [4.69, 9.17) is 0 Å². The number of aliphatic hydroxyl groups is 1. The zero-order valence-corrected chi connectivity index (χ0v) is 13.0. The van der Waals surface area contributed by atoms with Gasteiger partial charge in [0.1, 0.15) is 0 Å². The van der Waals surface area contributed by atoms with Gasteiger partial charge in [-0.1, -0.05) is 30.3 Å². The van der Waals surface area contributed by atoms with Crippen LogP contribution in [0.25, 0.3) is 0 Å². The number of rotatable bonds is 7. The number of hydrogen-bond acceptors (Lipinski definition) is 3. The third kappa shape index (κ3) is 3.44. The van der Waals surface area contributed by atoms with Crippen LogP contribution in [0, 0.1) is 0 Å². The van der Waals surface area contributed by atoms with Gasteiger partial charge in [0.05, 0.1) is 5.54 Å². The molecule has 4 heteroatoms. The summed E-state index contributed by atoms with van der Waals surface area (Å²) < 4.78 is 0. The molecule has 1 amide bonds. The number of benzene rings is 1. The number of aliphatic hydroxyl groups excluding tert-OH is 1. The normalized spacial score (nSPS) is 18.1. The van der Waals surface area contributed by atoms with Crippen molar-refractivity contribution >= 4 is 5.91 Å². The largest absolute Gasteiger partial charge is 0.396 e. The first-order valence-corrected chi connectivity index (χ1v) is 7.71. The van der Waals surface area contributed by atoms with Gasteiger partial charge in [-0.3, -0.25) is 9.69 Å². The minimum Gasteiger partial charge on any atom is -0.396 e. The predicted molar refractivity (Wildman–Crippen MR) is 84.2 cm³/mol. The molecule has 116 valence electrons. The molecule has 1 saturated carbocycles. The lowest BCUT2D eigenvalue weighted by atomic mass is 9.75. The molecule has 0 spiro atoms. The summed E-state index contributed by atoms with van der Waals surface area (Å²) in [6, 6.07) is 10.1. The summed E-state index contributed by atoms with van der Waals surface area (Å²) in [7, 11) is 3.95. The summed E-state index contributed by atoms with van der Waals surface area (Å²) in [5, 5.41) is 12.3. The van der Waals surface area contributed by atoms with Crippen LogP contribution in [-0.2, 0) is 4.79 Å². The van der Waals surface area contributed by atoms with Crippen molar-refractivity contribution in [2.75, 3.05) is 27.2 Å². The standard InChI is InChI=1S/C17H26N2O2/c1-19(2)17(10-6-11-17)16(21)18-13-15(9-12-20)14-7-4-3-5-8-14/h3-5,7-8,15,20H,6,9-13H2,1-2H3,(H,18,21). The van der Waals surface area contributed by atoms with Crippen molar-refractivity contribution in [2.24, 2.45) is 0 Å². The van der Waals surface area contributed by atoms with Crippen molar-refractivity contribution < 1.29 is 9.90 Å². The molecule has 1 fully saturated rings. The Labute approximate surface area is 127 Å². The van der Waals surface area contributed by atoms with Crippen LogP contribution < -0.4 is 5.32 Å². The maximum Gasteiger partial charge on any atom is 0.240 e. The van der Waals surface area contributed by atoms with Gasteiger partial charge < -0.3 is 10.4 Å². The van der Waals surface area contributed by atoms with Gasteiger partial charge in [0, 0.05) is 19.1 Å². The molecule has 0 heterocycles. The van der Waals surface area contributed by atoms with Gasteiger partial charge in [0.15, 0.2) is 0 Å². The third-order valence-corrected chi connectivity index (χ3v) is 4.72. The number of amides is 1. The molecular formula is C17H26N2O2. The van der Waals surface area contributed by atoms with E-state index < -0.39 is 0 Å². The van der Waals surface area contributed by atoms with E-state index in [0.29, 0.717) is 13.0 Å². The average Bonchev–Trinajstić information content (AvgIpc) is 2.42. The zero-order valence-electron chi connectivity index (χ0n) is 13.0. The van der Waals surface area contributed by atoms with E-state index in [9.17, 15) is 9.90 Å². The fourth-order valence-corrected chi connectivity index (χ4v) is 3.04. The average molecular weight is 290 g/mol. The van der Waals surface area contributed by atoms with Crippen LogP contribution in [0.1, 0.15) is 37.2 Å². The molecule has 0 radical (unpaired) electrons. The molecule has 0 bridgehead atoms. The van der Waals surface area contributed by atoms with Crippen molar-refractivity contribution in [3.63, 3.8) is 0 Å². The number of hydrogen-bond donors (Lipinski definition) is 2. The van der Waals surface area contributed by atoms with E-state index in [1.807, 2.05) is 37.2 Å². The van der Waals surface area contributed by atoms with Crippen molar-refractivity contribution in [1.82, 2.24) is 10.2 Å². The molecule has 1 atom stereocenters. The van der Waals surface area contributed by atoms with Gasteiger partial charge in [-0.25, -0.2) is 0 Å². The summed E-state index contributed by atoms with van der Waals surface area (Å²) in [5.41, 5.74) is 0.847. The minimum absolute atomic E-state index is 0.123. The molecule has 1 aliphatic rings. The third-order valence-electron chi connectivity index (χ3n) is 4.72. The molecule has 0 saturated heterocycles. The highest BCUT2D eigenvalue weighted by atomic mass is 16.3. The number of carbonyl (C=O) groups is 1. The Bertz CT molecular complexity index is 455. The molecule has 2 rings (SSSR count). The quantitative estimate of drug-likeness (QED) is 0.804. The highest BCUT2D eigenvalue weighted by Crippen LogP contribution is 2.36. The molecule has 1 aliphatic carbocycles. The first-order valence-electron chi connectivity index (χ1n) is 7.71. The van der Waals surface area contributed by atoms with Crippen LogP contribution in [0.4, 0.5) is 0 Å². The lowest BCUT2D eigenvalue weighted by molar-refractivity contribution is -0.137. The highest BCUT2D eigenvalue weighted by molar-refractivity contribution is 5.87. The summed E-state index contributed by atoms with van der Waals surface area (Å²) >= 11 is 0. The van der Waals surface area contributed by atoms with E-state index in [1.54, 1.807) is 0 Å². The van der Waals surface area contributed by atoms with Crippen molar-refractivity contribution in [3.05, 3.63) is 35.9 Å². The van der Waals surface area contributed by atoms with Crippen LogP contribution in [0.15, 0.2) is 30.3 Å². The number of nitrogens with zero attached hydrogens (tertiary/aromatic N) is 1. The predicted octanol–water partition coefficient (Wildman–Crippen LogP) is 1.75. The second-order valence-electron chi connectivity index (χ2n) is 6.11. The summed E-state index contributed by atoms with van der Waals surface area (Å²) in [6.45, 7) is 0.716. The minimum atomic E-state index is -0.319. The number of likely N-dealkylation sites (N-methyl/N-ethyl adjacent to an activating group) is 1. The van der Waals surface area contributed by atoms with Gasteiger partial charge in [0.25, 0.3) is 0 Å². The number of carbonyl (C=O) groups excluding carboxylic acids is 1. The lowest BCUT2D eigenvalue weighted by Crippen LogP contribution is -2.60. The first kappa shape index (κ1) is 16.0. The Hall–Kier alpha value is -1.39. The van der Waals surface area contributed by atoms with Crippen molar-refractivity contribution in [1.29, 1.82) is 0 Å². The van der Waals surface area contributed by atoms with Gasteiger partial charge in [-0.2, -0.15) is 0 Å². The van der Waals surface area contributed by atoms with E-state index in [2.05, 4.69) is 17.4 Å². The summed E-state index contributed by atoms with van der Waals surface area (Å²) in [5.74, 6) is 0.289. The fourth-order valence-electron chi connectivity index (χ4n) is 3.04. The molecule has 0 aromatic heterocycles. The molecule has 2 N–H and O–H groups in total. The maximum absolute atomic E-state index is 12.5. The van der Waals surface area contributed by atoms with Gasteiger partial charge in [-0.15, -0.1) is 0 Å². The van der Waals surface area contributed by atoms with Gasteiger partial charge in [-0.05, 0) is 45.3 Å². The Morgan fingerprint density at radius 3 is 2.48 bits per heavy atom. The SMILES string of the molecule is CN(C)C1(C(=O)NCC(CCO)c2ccccc2)CCC1.